The smallest absolute Gasteiger partial charge is 0.350 e. The molecule has 8 nitrogen and oxygen atoms in total. The van der Waals surface area contributed by atoms with E-state index in [9.17, 15) is 9.59 Å². The van der Waals surface area contributed by atoms with E-state index in [1.165, 1.54) is 31.1 Å². The van der Waals surface area contributed by atoms with E-state index in [1.54, 1.807) is 12.3 Å². The number of benzene rings is 2. The van der Waals surface area contributed by atoms with Gasteiger partial charge in [-0.15, -0.1) is 5.10 Å². The van der Waals surface area contributed by atoms with Gasteiger partial charge in [0.25, 0.3) is 0 Å². The molecule has 0 aliphatic carbocycles. The van der Waals surface area contributed by atoms with Crippen molar-refractivity contribution >= 4 is 28.3 Å². The number of nitrogens with zero attached hydrogens (tertiary/aromatic N) is 4. The van der Waals surface area contributed by atoms with E-state index < -0.39 is 0 Å². The highest BCUT2D eigenvalue weighted by atomic mass is 16.2. The van der Waals surface area contributed by atoms with Crippen LogP contribution < -0.4 is 11.0 Å². The Morgan fingerprint density at radius 1 is 1.08 bits per heavy atom. The van der Waals surface area contributed by atoms with Crippen LogP contribution in [0, 0.1) is 0 Å². The molecule has 37 heavy (non-hydrogen) atoms. The van der Waals surface area contributed by atoms with E-state index in [-0.39, 0.29) is 11.7 Å². The summed E-state index contributed by atoms with van der Waals surface area (Å²) in [5, 5.41) is 8.75. The van der Waals surface area contributed by atoms with Gasteiger partial charge in [-0.25, -0.2) is 14.3 Å². The summed E-state index contributed by atoms with van der Waals surface area (Å²) in [5.41, 5.74) is 5.98. The number of nitrogens with one attached hydrogen (secondary N) is 2. The van der Waals surface area contributed by atoms with Crippen molar-refractivity contribution in [3.05, 3.63) is 100 Å². The number of anilines is 1. The van der Waals surface area contributed by atoms with Gasteiger partial charge in [0, 0.05) is 42.1 Å². The normalized spacial score (nSPS) is 14.5. The highest BCUT2D eigenvalue weighted by Gasteiger charge is 2.26. The first-order valence-electron chi connectivity index (χ1n) is 12.9. The van der Waals surface area contributed by atoms with Crippen LogP contribution in [-0.4, -0.2) is 43.2 Å². The number of aryl methyl sites for hydroxylation is 1. The van der Waals surface area contributed by atoms with Crippen molar-refractivity contribution in [1.82, 2.24) is 24.1 Å². The van der Waals surface area contributed by atoms with E-state index in [1.807, 2.05) is 41.3 Å². The summed E-state index contributed by atoms with van der Waals surface area (Å²) >= 11 is 0. The van der Waals surface area contributed by atoms with Crippen LogP contribution in [0.2, 0.25) is 0 Å². The molecule has 2 amide bonds. The number of fused-ring (bicyclic) bond motifs is 2. The maximum atomic E-state index is 13.0. The third-order valence-electron chi connectivity index (χ3n) is 7.44. The zero-order valence-electron chi connectivity index (χ0n) is 20.9. The van der Waals surface area contributed by atoms with Gasteiger partial charge < -0.3 is 15.2 Å². The second-order valence-corrected chi connectivity index (χ2v) is 9.70. The predicted octanol–water partition coefficient (Wildman–Crippen LogP) is 5.00. The Hall–Kier alpha value is -4.33. The third kappa shape index (κ3) is 4.39. The number of aromatic nitrogens is 4. The molecule has 2 N–H and O–H groups in total. The summed E-state index contributed by atoms with van der Waals surface area (Å²) in [6.07, 6.45) is 6.75. The molecule has 0 unspecified atom stereocenters. The van der Waals surface area contributed by atoms with Gasteiger partial charge in [0.05, 0.1) is 6.54 Å². The van der Waals surface area contributed by atoms with E-state index in [0.29, 0.717) is 36.9 Å². The maximum Gasteiger partial charge on any atom is 0.350 e. The van der Waals surface area contributed by atoms with Gasteiger partial charge in [-0.05, 0) is 66.1 Å². The fourth-order valence-electron chi connectivity index (χ4n) is 5.46. The van der Waals surface area contributed by atoms with Crippen molar-refractivity contribution in [3.63, 3.8) is 0 Å². The number of urea groups is 1. The standard InChI is InChI=1S/C29H30N6O2/c1-2-21-8-6-10-24-25(18-30-27(21)24)22-12-15-33(16-13-22)28(36)31-23-9-5-7-20(17-23)19-35-29(37)34-14-4-3-11-26(34)32-35/h3-11,14,17-18,22,30H,2,12-13,15-16,19H2,1H3,(H,31,36). The molecule has 0 saturated carbocycles. The first-order valence-corrected chi connectivity index (χ1v) is 12.9. The number of hydrogen-bond donors (Lipinski definition) is 2. The van der Waals surface area contributed by atoms with Crippen LogP contribution in [0.5, 0.6) is 0 Å². The Bertz CT molecular complexity index is 1640. The summed E-state index contributed by atoms with van der Waals surface area (Å²) in [7, 11) is 0. The molecule has 1 aliphatic rings. The van der Waals surface area contributed by atoms with Gasteiger partial charge in [0.2, 0.25) is 0 Å². The highest BCUT2D eigenvalue weighted by molar-refractivity contribution is 5.90. The van der Waals surface area contributed by atoms with Crippen molar-refractivity contribution in [2.75, 3.05) is 18.4 Å². The van der Waals surface area contributed by atoms with Crippen molar-refractivity contribution < 1.29 is 4.79 Å². The van der Waals surface area contributed by atoms with Crippen LogP contribution >= 0.6 is 0 Å². The molecule has 0 atom stereocenters. The Labute approximate surface area is 214 Å². The second-order valence-electron chi connectivity index (χ2n) is 9.70. The Balaban J connectivity index is 1.10. The van der Waals surface area contributed by atoms with Crippen LogP contribution in [0.25, 0.3) is 16.6 Å². The molecule has 8 heteroatoms. The number of likely N-dealkylation sites (tertiary alicyclic amines) is 1. The van der Waals surface area contributed by atoms with Gasteiger partial charge in [0.15, 0.2) is 5.65 Å². The molecule has 1 saturated heterocycles. The molecule has 1 fully saturated rings. The van der Waals surface area contributed by atoms with Crippen LogP contribution in [-0.2, 0) is 13.0 Å². The molecule has 188 valence electrons. The van der Waals surface area contributed by atoms with Gasteiger partial charge in [0.1, 0.15) is 0 Å². The number of aromatic amines is 1. The van der Waals surface area contributed by atoms with E-state index in [0.717, 1.165) is 24.8 Å². The Morgan fingerprint density at radius 2 is 1.92 bits per heavy atom. The molecular formula is C29H30N6O2. The average molecular weight is 495 g/mol. The maximum absolute atomic E-state index is 13.0. The third-order valence-corrected chi connectivity index (χ3v) is 7.44. The number of H-pyrrole nitrogens is 1. The summed E-state index contributed by atoms with van der Waals surface area (Å²) in [6, 6.07) is 19.5. The number of rotatable bonds is 5. The van der Waals surface area contributed by atoms with Gasteiger partial charge >= 0.3 is 11.7 Å². The first kappa shape index (κ1) is 23.1. The monoisotopic (exact) mass is 494 g/mol. The number of para-hydroxylation sites is 1. The number of pyridine rings is 1. The van der Waals surface area contributed by atoms with Crippen molar-refractivity contribution in [3.8, 4) is 0 Å². The summed E-state index contributed by atoms with van der Waals surface area (Å²) < 4.78 is 2.96. The lowest BCUT2D eigenvalue weighted by Crippen LogP contribution is -2.40. The minimum atomic E-state index is -0.186. The van der Waals surface area contributed by atoms with E-state index >= 15 is 0 Å². The number of carbonyl (C=O) groups is 1. The van der Waals surface area contributed by atoms with Crippen molar-refractivity contribution in [2.45, 2.75) is 38.6 Å². The van der Waals surface area contributed by atoms with Gasteiger partial charge in [-0.1, -0.05) is 43.3 Å². The van der Waals surface area contributed by atoms with Crippen molar-refractivity contribution in [1.29, 1.82) is 0 Å². The fourth-order valence-corrected chi connectivity index (χ4v) is 5.46. The Morgan fingerprint density at radius 3 is 2.73 bits per heavy atom. The van der Waals surface area contributed by atoms with Crippen LogP contribution in [0.1, 0.15) is 42.4 Å². The van der Waals surface area contributed by atoms with Crippen LogP contribution in [0.3, 0.4) is 0 Å². The summed E-state index contributed by atoms with van der Waals surface area (Å²) in [6.45, 7) is 3.95. The zero-order valence-corrected chi connectivity index (χ0v) is 20.9. The quantitative estimate of drug-likeness (QED) is 0.360. The van der Waals surface area contributed by atoms with Gasteiger partial charge in [-0.2, -0.15) is 0 Å². The molecule has 3 aromatic heterocycles. The Kier molecular flexibility index (Phi) is 6.00. The van der Waals surface area contributed by atoms with E-state index in [4.69, 9.17) is 0 Å². The number of piperidine rings is 1. The SMILES string of the molecule is CCc1cccc2c(C3CCN(C(=O)Nc4cccc(Cn5nc6ccccn6c5=O)c4)CC3)c[nH]c12. The first-order chi connectivity index (χ1) is 18.1. The largest absolute Gasteiger partial charge is 0.361 e. The second kappa shape index (κ2) is 9.61. The topological polar surface area (TPSA) is 87.4 Å². The molecule has 0 bridgehead atoms. The predicted molar refractivity (Wildman–Crippen MR) is 145 cm³/mol. The summed E-state index contributed by atoms with van der Waals surface area (Å²) in [4.78, 5) is 31.0. The minimum Gasteiger partial charge on any atom is -0.361 e. The number of hydrogen-bond acceptors (Lipinski definition) is 3. The lowest BCUT2D eigenvalue weighted by molar-refractivity contribution is 0.195. The minimum absolute atomic E-state index is 0.0901. The van der Waals surface area contributed by atoms with Gasteiger partial charge in [-0.3, -0.25) is 4.40 Å². The zero-order chi connectivity index (χ0) is 25.4. The number of amides is 2. The molecule has 4 heterocycles. The molecule has 0 radical (unpaired) electrons. The summed E-state index contributed by atoms with van der Waals surface area (Å²) in [5.74, 6) is 0.442. The van der Waals surface area contributed by atoms with Crippen LogP contribution in [0.4, 0.5) is 10.5 Å². The molecule has 0 spiro atoms. The van der Waals surface area contributed by atoms with Crippen LogP contribution in [0.15, 0.2) is 77.9 Å². The lowest BCUT2D eigenvalue weighted by atomic mass is 9.89. The molecule has 5 aromatic rings. The molecule has 1 aliphatic heterocycles. The highest BCUT2D eigenvalue weighted by Crippen LogP contribution is 2.34. The average Bonchev–Trinajstić information content (AvgIpc) is 3.50. The number of carbonyl (C=O) groups excluding carboxylic acids is 1. The fraction of sp³-hybridized carbons (Fsp3) is 0.276. The molecular weight excluding hydrogens is 464 g/mol. The molecule has 6 rings (SSSR count). The molecule has 2 aromatic carbocycles. The lowest BCUT2D eigenvalue weighted by Gasteiger charge is -2.32. The van der Waals surface area contributed by atoms with Crippen molar-refractivity contribution in [2.24, 2.45) is 0 Å². The van der Waals surface area contributed by atoms with E-state index in [2.05, 4.69) is 46.7 Å².